The van der Waals surface area contributed by atoms with E-state index in [0.29, 0.717) is 34.0 Å². The first-order valence-electron chi connectivity index (χ1n) is 8.17. The van der Waals surface area contributed by atoms with Crippen LogP contribution in [0.2, 0.25) is 0 Å². The van der Waals surface area contributed by atoms with Crippen LogP contribution in [0.5, 0.6) is 11.5 Å². The van der Waals surface area contributed by atoms with Crippen molar-refractivity contribution in [3.05, 3.63) is 42.4 Å². The topological polar surface area (TPSA) is 108 Å². The molecule has 0 spiro atoms. The molecule has 3 aromatic rings. The Morgan fingerprint density at radius 1 is 1.14 bits per heavy atom. The molecule has 3 heterocycles. The molecule has 0 saturated heterocycles. The van der Waals surface area contributed by atoms with Crippen molar-refractivity contribution < 1.29 is 22.4 Å². The molecule has 0 atom stereocenters. The zero-order chi connectivity index (χ0) is 19.7. The van der Waals surface area contributed by atoms with Crippen molar-refractivity contribution in [2.24, 2.45) is 0 Å². The van der Waals surface area contributed by atoms with Gasteiger partial charge in [0.1, 0.15) is 4.90 Å². The molecule has 0 N–H and O–H groups in total. The minimum Gasteiger partial charge on any atom is -0.454 e. The zero-order valence-electron chi connectivity index (χ0n) is 15.0. The Hall–Kier alpha value is -2.63. The van der Waals surface area contributed by atoms with Crippen LogP contribution in [0, 0.1) is 0 Å². The Morgan fingerprint density at radius 3 is 2.71 bits per heavy atom. The number of hydrogen-bond donors (Lipinski definition) is 0. The van der Waals surface area contributed by atoms with E-state index in [1.807, 2.05) is 6.07 Å². The van der Waals surface area contributed by atoms with Gasteiger partial charge in [0.15, 0.2) is 11.5 Å². The highest BCUT2D eigenvalue weighted by Gasteiger charge is 2.18. The van der Waals surface area contributed by atoms with Gasteiger partial charge < -0.3 is 14.0 Å². The molecule has 1 aromatic carbocycles. The van der Waals surface area contributed by atoms with E-state index < -0.39 is 10.0 Å². The molecule has 0 amide bonds. The second kappa shape index (κ2) is 7.41. The Bertz CT molecular complexity index is 1100. The van der Waals surface area contributed by atoms with Crippen LogP contribution in [-0.4, -0.2) is 48.7 Å². The second-order valence-corrected chi connectivity index (χ2v) is 9.14. The smallest absolute Gasteiger partial charge is 0.244 e. The fourth-order valence-corrected chi connectivity index (χ4v) is 3.95. The summed E-state index contributed by atoms with van der Waals surface area (Å²) in [5.74, 6) is 2.63. The molecule has 11 heteroatoms. The lowest BCUT2D eigenvalue weighted by atomic mass is 10.2. The summed E-state index contributed by atoms with van der Waals surface area (Å²) in [6, 6.07) is 8.61. The number of benzene rings is 1. The average Bonchev–Trinajstić information content (AvgIpc) is 3.35. The SMILES string of the molecule is CN(C)S(=O)(=O)c1ccc(SCc2nc(-c3ccc4c(c3)OCO4)no2)nc1. The number of ether oxygens (including phenoxy) is 2. The Kier molecular flexibility index (Phi) is 4.96. The summed E-state index contributed by atoms with van der Waals surface area (Å²) < 4.78 is 41.2. The first-order valence-corrected chi connectivity index (χ1v) is 10.6. The molecule has 1 aliphatic heterocycles. The normalized spacial score (nSPS) is 13.2. The number of hydrogen-bond acceptors (Lipinski definition) is 9. The first-order chi connectivity index (χ1) is 13.4. The summed E-state index contributed by atoms with van der Waals surface area (Å²) in [5, 5.41) is 4.64. The number of pyridine rings is 1. The number of rotatable bonds is 6. The van der Waals surface area contributed by atoms with E-state index >= 15 is 0 Å². The van der Waals surface area contributed by atoms with E-state index in [1.165, 1.54) is 38.1 Å². The van der Waals surface area contributed by atoms with Gasteiger partial charge in [-0.3, -0.25) is 0 Å². The van der Waals surface area contributed by atoms with Gasteiger partial charge in [0.25, 0.3) is 0 Å². The average molecular weight is 420 g/mol. The Morgan fingerprint density at radius 2 is 1.96 bits per heavy atom. The predicted octanol–water partition coefficient (Wildman–Crippen LogP) is 2.40. The van der Waals surface area contributed by atoms with Crippen molar-refractivity contribution in [3.8, 4) is 22.9 Å². The van der Waals surface area contributed by atoms with E-state index in [1.54, 1.807) is 18.2 Å². The highest BCUT2D eigenvalue weighted by molar-refractivity contribution is 7.98. The van der Waals surface area contributed by atoms with Crippen LogP contribution < -0.4 is 9.47 Å². The molecule has 0 bridgehead atoms. The van der Waals surface area contributed by atoms with Crippen molar-refractivity contribution in [1.82, 2.24) is 19.4 Å². The molecule has 1 aliphatic rings. The van der Waals surface area contributed by atoms with E-state index in [4.69, 9.17) is 14.0 Å². The highest BCUT2D eigenvalue weighted by Crippen LogP contribution is 2.35. The van der Waals surface area contributed by atoms with Crippen molar-refractivity contribution in [1.29, 1.82) is 0 Å². The second-order valence-electron chi connectivity index (χ2n) is 5.99. The summed E-state index contributed by atoms with van der Waals surface area (Å²) >= 11 is 1.37. The van der Waals surface area contributed by atoms with Crippen molar-refractivity contribution in [3.63, 3.8) is 0 Å². The van der Waals surface area contributed by atoms with Gasteiger partial charge in [-0.2, -0.15) is 4.98 Å². The molecule has 0 radical (unpaired) electrons. The molecule has 0 unspecified atom stereocenters. The van der Waals surface area contributed by atoms with E-state index in [-0.39, 0.29) is 11.7 Å². The molecule has 146 valence electrons. The molecule has 28 heavy (non-hydrogen) atoms. The van der Waals surface area contributed by atoms with Crippen LogP contribution in [0.15, 0.2) is 51.0 Å². The van der Waals surface area contributed by atoms with E-state index in [2.05, 4.69) is 15.1 Å². The van der Waals surface area contributed by atoms with Crippen LogP contribution in [0.3, 0.4) is 0 Å². The lowest BCUT2D eigenvalue weighted by molar-refractivity contribution is 0.174. The van der Waals surface area contributed by atoms with Gasteiger partial charge in [-0.1, -0.05) is 16.9 Å². The first kappa shape index (κ1) is 18.7. The fourth-order valence-electron chi connectivity index (χ4n) is 2.42. The molecule has 4 rings (SSSR count). The number of thioether (sulfide) groups is 1. The predicted molar refractivity (Wildman–Crippen MR) is 101 cm³/mol. The molecule has 9 nitrogen and oxygen atoms in total. The third kappa shape index (κ3) is 3.68. The minimum atomic E-state index is -3.49. The van der Waals surface area contributed by atoms with Gasteiger partial charge in [0, 0.05) is 25.9 Å². The molecule has 0 aliphatic carbocycles. The third-order valence-electron chi connectivity index (χ3n) is 3.93. The van der Waals surface area contributed by atoms with Gasteiger partial charge in [-0.15, -0.1) is 0 Å². The quantitative estimate of drug-likeness (QED) is 0.555. The van der Waals surface area contributed by atoms with Crippen molar-refractivity contribution in [2.45, 2.75) is 15.7 Å². The molecule has 0 fully saturated rings. The number of sulfonamides is 1. The Balaban J connectivity index is 1.42. The minimum absolute atomic E-state index is 0.143. The number of fused-ring (bicyclic) bond motifs is 1. The van der Waals surface area contributed by atoms with Crippen molar-refractivity contribution in [2.75, 3.05) is 20.9 Å². The van der Waals surface area contributed by atoms with Crippen LogP contribution in [0.1, 0.15) is 5.89 Å². The standard InChI is InChI=1S/C17H16N4O5S2/c1-21(2)28(22,23)12-4-6-16(18-8-12)27-9-15-19-17(20-26-15)11-3-5-13-14(7-11)25-10-24-13/h3-8H,9-10H2,1-2H3. The van der Waals surface area contributed by atoms with Crippen LogP contribution in [0.25, 0.3) is 11.4 Å². The maximum Gasteiger partial charge on any atom is 0.244 e. The van der Waals surface area contributed by atoms with Gasteiger partial charge >= 0.3 is 0 Å². The Labute approximate surface area is 165 Å². The molecular weight excluding hydrogens is 404 g/mol. The molecular formula is C17H16N4O5S2. The van der Waals surface area contributed by atoms with Crippen LogP contribution in [-0.2, 0) is 15.8 Å². The van der Waals surface area contributed by atoms with E-state index in [0.717, 1.165) is 9.87 Å². The fraction of sp³-hybridized carbons (Fsp3) is 0.235. The lowest BCUT2D eigenvalue weighted by Gasteiger charge is -2.10. The summed E-state index contributed by atoms with van der Waals surface area (Å²) in [4.78, 5) is 8.70. The number of aromatic nitrogens is 3. The van der Waals surface area contributed by atoms with Gasteiger partial charge in [-0.05, 0) is 30.3 Å². The maximum absolute atomic E-state index is 12.1. The maximum atomic E-state index is 12.1. The third-order valence-corrected chi connectivity index (χ3v) is 6.66. The summed E-state index contributed by atoms with van der Waals surface area (Å²) in [7, 11) is -0.536. The zero-order valence-corrected chi connectivity index (χ0v) is 16.7. The van der Waals surface area contributed by atoms with Gasteiger partial charge in [0.2, 0.25) is 28.5 Å². The van der Waals surface area contributed by atoms with Crippen LogP contribution in [0.4, 0.5) is 0 Å². The monoisotopic (exact) mass is 420 g/mol. The van der Waals surface area contributed by atoms with Gasteiger partial charge in [0.05, 0.1) is 10.8 Å². The summed E-state index contributed by atoms with van der Waals surface area (Å²) in [5.41, 5.74) is 0.764. The lowest BCUT2D eigenvalue weighted by Crippen LogP contribution is -2.22. The largest absolute Gasteiger partial charge is 0.454 e. The van der Waals surface area contributed by atoms with Gasteiger partial charge in [-0.25, -0.2) is 17.7 Å². The summed E-state index contributed by atoms with van der Waals surface area (Å²) in [6.07, 6.45) is 1.34. The highest BCUT2D eigenvalue weighted by atomic mass is 32.2. The summed E-state index contributed by atoms with van der Waals surface area (Å²) in [6.45, 7) is 0.203. The van der Waals surface area contributed by atoms with E-state index in [9.17, 15) is 8.42 Å². The van der Waals surface area contributed by atoms with Crippen molar-refractivity contribution >= 4 is 21.8 Å². The molecule has 0 saturated carbocycles. The molecule has 2 aromatic heterocycles. The van der Waals surface area contributed by atoms with Crippen LogP contribution >= 0.6 is 11.8 Å². The number of nitrogens with zero attached hydrogens (tertiary/aromatic N) is 4.